The van der Waals surface area contributed by atoms with Crippen LogP contribution in [0.5, 0.6) is 0 Å². The number of nitrogens with one attached hydrogen (secondary N) is 2. The number of rotatable bonds is 7. The Bertz CT molecular complexity index is 533. The lowest BCUT2D eigenvalue weighted by Crippen LogP contribution is -2.15. The minimum atomic E-state index is 0.424. The first-order valence-corrected chi connectivity index (χ1v) is 6.38. The lowest BCUT2D eigenvalue weighted by molar-refractivity contribution is 0.387. The second-order valence-electron chi connectivity index (χ2n) is 4.56. The molecule has 3 rings (SSSR count). The Hall–Kier alpha value is -1.96. The van der Waals surface area contributed by atoms with Crippen molar-refractivity contribution in [3.63, 3.8) is 0 Å². The van der Waals surface area contributed by atoms with E-state index in [1.165, 1.54) is 12.8 Å². The van der Waals surface area contributed by atoms with Crippen LogP contribution in [0.3, 0.4) is 0 Å². The lowest BCUT2D eigenvalue weighted by atomic mass is 10.4. The maximum atomic E-state index is 5.44. The molecule has 2 heterocycles. The van der Waals surface area contributed by atoms with Crippen molar-refractivity contribution in [2.24, 2.45) is 0 Å². The van der Waals surface area contributed by atoms with Crippen molar-refractivity contribution < 1.29 is 8.94 Å². The number of aryl methyl sites for hydroxylation is 1. The molecule has 8 heteroatoms. The summed E-state index contributed by atoms with van der Waals surface area (Å²) in [5.74, 6) is 1.84. The van der Waals surface area contributed by atoms with Gasteiger partial charge in [0.15, 0.2) is 5.82 Å². The molecule has 0 radical (unpaired) electrons. The first kappa shape index (κ1) is 12.1. The highest BCUT2D eigenvalue weighted by molar-refractivity contribution is 5.17. The van der Waals surface area contributed by atoms with Crippen molar-refractivity contribution in [2.45, 2.75) is 38.8 Å². The van der Waals surface area contributed by atoms with Crippen molar-refractivity contribution in [3.8, 4) is 0 Å². The summed E-state index contributed by atoms with van der Waals surface area (Å²) in [6.07, 6.45) is 3.13. The molecule has 2 N–H and O–H groups in total. The molecule has 2 aromatic rings. The van der Waals surface area contributed by atoms with Gasteiger partial charge < -0.3 is 19.6 Å². The van der Waals surface area contributed by atoms with E-state index in [-0.39, 0.29) is 0 Å². The fourth-order valence-electron chi connectivity index (χ4n) is 1.64. The monoisotopic (exact) mass is 264 g/mol. The number of anilines is 1. The lowest BCUT2D eigenvalue weighted by Gasteiger charge is -1.98. The zero-order valence-electron chi connectivity index (χ0n) is 10.7. The molecule has 0 atom stereocenters. The zero-order chi connectivity index (χ0) is 13.1. The molecule has 2 aromatic heterocycles. The average Bonchev–Trinajstić information content (AvgIpc) is 2.97. The molecule has 0 bridgehead atoms. The van der Waals surface area contributed by atoms with Crippen LogP contribution < -0.4 is 10.6 Å². The second-order valence-corrected chi connectivity index (χ2v) is 4.56. The number of hydrogen-bond acceptors (Lipinski definition) is 8. The van der Waals surface area contributed by atoms with Crippen LogP contribution in [-0.4, -0.2) is 32.9 Å². The summed E-state index contributed by atoms with van der Waals surface area (Å²) in [4.78, 5) is 4.11. The molecule has 0 aromatic carbocycles. The molecule has 0 saturated heterocycles. The normalized spacial score (nSPS) is 14.8. The summed E-state index contributed by atoms with van der Waals surface area (Å²) in [6.45, 7) is 3.02. The van der Waals surface area contributed by atoms with Crippen LogP contribution >= 0.6 is 0 Å². The van der Waals surface area contributed by atoms with Crippen LogP contribution in [0.2, 0.25) is 0 Å². The topological polar surface area (TPSA) is 102 Å². The van der Waals surface area contributed by atoms with Crippen LogP contribution in [-0.2, 0) is 13.0 Å². The Morgan fingerprint density at radius 1 is 1.32 bits per heavy atom. The first-order valence-electron chi connectivity index (χ1n) is 6.38. The molecule has 0 amide bonds. The van der Waals surface area contributed by atoms with Crippen molar-refractivity contribution in [2.75, 3.05) is 11.9 Å². The van der Waals surface area contributed by atoms with Gasteiger partial charge in [0.25, 0.3) is 0 Å². The summed E-state index contributed by atoms with van der Waals surface area (Å²) in [6, 6.07) is 1.05. The van der Waals surface area contributed by atoms with Gasteiger partial charge in [-0.2, -0.15) is 4.98 Å². The maximum absolute atomic E-state index is 5.44. The Morgan fingerprint density at radius 3 is 2.95 bits per heavy atom. The summed E-state index contributed by atoms with van der Waals surface area (Å²) >= 11 is 0. The number of aromatic nitrogens is 4. The minimum Gasteiger partial charge on any atom is -0.407 e. The van der Waals surface area contributed by atoms with E-state index in [2.05, 4.69) is 31.0 Å². The molecule has 19 heavy (non-hydrogen) atoms. The van der Waals surface area contributed by atoms with Crippen molar-refractivity contribution >= 4 is 6.01 Å². The molecule has 0 unspecified atom stereocenters. The fourth-order valence-corrected chi connectivity index (χ4v) is 1.64. The highest BCUT2D eigenvalue weighted by atomic mass is 16.5. The van der Waals surface area contributed by atoms with Gasteiger partial charge in [-0.3, -0.25) is 0 Å². The third kappa shape index (κ3) is 3.50. The predicted molar refractivity (Wildman–Crippen MR) is 65.4 cm³/mol. The quantitative estimate of drug-likeness (QED) is 0.752. The molecule has 102 valence electrons. The maximum Gasteiger partial charge on any atom is 0.315 e. The standard InChI is InChI=1S/C11H16N6O2/c1-7-14-9(17-19-7)4-5-12-11-16-15-10(18-11)6-13-8-2-3-8/h8,13H,2-6H2,1H3,(H,12,16). The van der Waals surface area contributed by atoms with Gasteiger partial charge in [-0.15, -0.1) is 5.10 Å². The van der Waals surface area contributed by atoms with Crippen LogP contribution in [0.4, 0.5) is 6.01 Å². The van der Waals surface area contributed by atoms with Crippen molar-refractivity contribution in [1.82, 2.24) is 25.7 Å². The molecule has 1 aliphatic carbocycles. The highest BCUT2D eigenvalue weighted by Crippen LogP contribution is 2.19. The smallest absolute Gasteiger partial charge is 0.315 e. The van der Waals surface area contributed by atoms with Crippen LogP contribution in [0.15, 0.2) is 8.94 Å². The summed E-state index contributed by atoms with van der Waals surface area (Å²) in [7, 11) is 0. The molecule has 1 saturated carbocycles. The van der Waals surface area contributed by atoms with E-state index in [9.17, 15) is 0 Å². The Kier molecular flexibility index (Phi) is 3.41. The molecule has 1 aliphatic rings. The van der Waals surface area contributed by atoms with Gasteiger partial charge in [-0.25, -0.2) is 0 Å². The third-order valence-electron chi connectivity index (χ3n) is 2.78. The van der Waals surface area contributed by atoms with Gasteiger partial charge in [-0.05, 0) is 12.8 Å². The van der Waals surface area contributed by atoms with Crippen LogP contribution in [0, 0.1) is 6.92 Å². The molecule has 0 aliphatic heterocycles. The second kappa shape index (κ2) is 5.35. The van der Waals surface area contributed by atoms with Gasteiger partial charge >= 0.3 is 6.01 Å². The first-order chi connectivity index (χ1) is 9.29. The van der Waals surface area contributed by atoms with Crippen molar-refractivity contribution in [3.05, 3.63) is 17.6 Å². The van der Waals surface area contributed by atoms with E-state index < -0.39 is 0 Å². The minimum absolute atomic E-state index is 0.424. The Labute approximate surface area is 110 Å². The molecule has 1 fully saturated rings. The summed E-state index contributed by atoms with van der Waals surface area (Å²) < 4.78 is 10.3. The SMILES string of the molecule is Cc1nc(CCNc2nnc(CNC3CC3)o2)no1. The predicted octanol–water partition coefficient (Wildman–Crippen LogP) is 0.668. The van der Waals surface area contributed by atoms with E-state index in [0.717, 1.165) is 0 Å². The van der Waals surface area contributed by atoms with Gasteiger partial charge in [0.05, 0.1) is 6.54 Å². The average molecular weight is 264 g/mol. The Morgan fingerprint density at radius 2 is 2.21 bits per heavy atom. The third-order valence-corrected chi connectivity index (χ3v) is 2.78. The molecule has 0 spiro atoms. The van der Waals surface area contributed by atoms with Gasteiger partial charge in [0.2, 0.25) is 11.8 Å². The van der Waals surface area contributed by atoms with Crippen molar-refractivity contribution in [1.29, 1.82) is 0 Å². The van der Waals surface area contributed by atoms with E-state index in [0.29, 0.717) is 49.2 Å². The van der Waals surface area contributed by atoms with Gasteiger partial charge in [0.1, 0.15) is 0 Å². The largest absolute Gasteiger partial charge is 0.407 e. The van der Waals surface area contributed by atoms with E-state index in [1.54, 1.807) is 6.92 Å². The van der Waals surface area contributed by atoms with E-state index >= 15 is 0 Å². The van der Waals surface area contributed by atoms with Crippen LogP contribution in [0.1, 0.15) is 30.4 Å². The fraction of sp³-hybridized carbons (Fsp3) is 0.636. The molecular formula is C11H16N6O2. The van der Waals surface area contributed by atoms with E-state index in [4.69, 9.17) is 8.94 Å². The zero-order valence-corrected chi connectivity index (χ0v) is 10.7. The molecular weight excluding hydrogens is 248 g/mol. The highest BCUT2D eigenvalue weighted by Gasteiger charge is 2.21. The Balaban J connectivity index is 1.41. The summed E-state index contributed by atoms with van der Waals surface area (Å²) in [5.41, 5.74) is 0. The van der Waals surface area contributed by atoms with Crippen LogP contribution in [0.25, 0.3) is 0 Å². The summed E-state index contributed by atoms with van der Waals surface area (Å²) in [5, 5.41) is 18.0. The van der Waals surface area contributed by atoms with Gasteiger partial charge in [-0.1, -0.05) is 10.3 Å². The van der Waals surface area contributed by atoms with E-state index in [1.807, 2.05) is 0 Å². The molecule has 8 nitrogen and oxygen atoms in total. The van der Waals surface area contributed by atoms with Gasteiger partial charge in [0, 0.05) is 25.9 Å². The number of nitrogens with zero attached hydrogens (tertiary/aromatic N) is 4. The number of hydrogen-bond donors (Lipinski definition) is 2.